The van der Waals surface area contributed by atoms with Gasteiger partial charge in [0.25, 0.3) is 0 Å². The van der Waals surface area contributed by atoms with Gasteiger partial charge in [0.1, 0.15) is 5.75 Å². The van der Waals surface area contributed by atoms with Crippen molar-refractivity contribution < 1.29 is 4.74 Å². The number of hydrogen-bond donors (Lipinski definition) is 0. The first kappa shape index (κ1) is 13.6. The Morgan fingerprint density at radius 3 is 2.21 bits per heavy atom. The van der Waals surface area contributed by atoms with Gasteiger partial charge in [-0.15, -0.1) is 0 Å². The molecule has 0 saturated carbocycles. The van der Waals surface area contributed by atoms with Crippen molar-refractivity contribution in [2.24, 2.45) is 0 Å². The van der Waals surface area contributed by atoms with Crippen LogP contribution in [0.2, 0.25) is 0 Å². The molecule has 1 aromatic heterocycles. The van der Waals surface area contributed by atoms with Gasteiger partial charge >= 0.3 is 0 Å². The summed E-state index contributed by atoms with van der Waals surface area (Å²) in [6, 6.07) is 8.58. The minimum Gasteiger partial charge on any atom is -0.495 e. The molecule has 0 unspecified atom stereocenters. The Hall–Kier alpha value is -1.83. The molecule has 0 aliphatic rings. The molecule has 2 rings (SSSR count). The fraction of sp³-hybridized carbons (Fsp3) is 0.353. The molecule has 0 spiro atoms. The number of aryl methyl sites for hydroxylation is 3. The van der Waals surface area contributed by atoms with Gasteiger partial charge in [-0.3, -0.25) is 4.98 Å². The number of rotatable bonds is 4. The lowest BCUT2D eigenvalue weighted by Gasteiger charge is -2.15. The first-order valence-corrected chi connectivity index (χ1v) is 6.83. The molecule has 2 nitrogen and oxygen atoms in total. The summed E-state index contributed by atoms with van der Waals surface area (Å²) in [7, 11) is 1.67. The Morgan fingerprint density at radius 2 is 1.74 bits per heavy atom. The molecule has 19 heavy (non-hydrogen) atoms. The summed E-state index contributed by atoms with van der Waals surface area (Å²) in [4.78, 5) is 4.61. The van der Waals surface area contributed by atoms with E-state index in [0.29, 0.717) is 0 Å². The van der Waals surface area contributed by atoms with Gasteiger partial charge in [-0.2, -0.15) is 0 Å². The lowest BCUT2D eigenvalue weighted by molar-refractivity contribution is 0.412. The quantitative estimate of drug-likeness (QED) is 0.817. The first-order valence-electron chi connectivity index (χ1n) is 6.83. The molecule has 100 valence electrons. The average molecular weight is 255 g/mol. The van der Waals surface area contributed by atoms with Crippen LogP contribution in [0.1, 0.15) is 30.5 Å². The third-order valence-corrected chi connectivity index (χ3v) is 3.52. The van der Waals surface area contributed by atoms with E-state index in [0.717, 1.165) is 29.8 Å². The standard InChI is InChI=1S/C17H21NO/c1-5-13-8-7-9-14(6-2)16(13)17-12(3)10-15(19-4)11-18-17/h7-11H,5-6H2,1-4H3. The Balaban J connectivity index is 2.63. The number of nitrogens with zero attached hydrogens (tertiary/aromatic N) is 1. The van der Waals surface area contributed by atoms with Gasteiger partial charge in [0.2, 0.25) is 0 Å². The van der Waals surface area contributed by atoms with Crippen LogP contribution in [0.4, 0.5) is 0 Å². The number of hydrogen-bond acceptors (Lipinski definition) is 2. The van der Waals surface area contributed by atoms with Crippen molar-refractivity contribution in [3.8, 4) is 17.0 Å². The van der Waals surface area contributed by atoms with Crippen LogP contribution in [0.5, 0.6) is 5.75 Å². The van der Waals surface area contributed by atoms with Crippen molar-refractivity contribution in [3.63, 3.8) is 0 Å². The van der Waals surface area contributed by atoms with Crippen LogP contribution in [0.25, 0.3) is 11.3 Å². The van der Waals surface area contributed by atoms with Gasteiger partial charge in [0.15, 0.2) is 0 Å². The minimum atomic E-state index is 0.813. The molecule has 0 aliphatic carbocycles. The molecule has 2 heteroatoms. The van der Waals surface area contributed by atoms with Gasteiger partial charge in [0, 0.05) is 5.56 Å². The topological polar surface area (TPSA) is 22.1 Å². The lowest BCUT2D eigenvalue weighted by atomic mass is 9.93. The fourth-order valence-electron chi connectivity index (χ4n) is 2.47. The predicted octanol–water partition coefficient (Wildman–Crippen LogP) is 4.19. The Morgan fingerprint density at radius 1 is 1.11 bits per heavy atom. The zero-order valence-electron chi connectivity index (χ0n) is 12.2. The van der Waals surface area contributed by atoms with E-state index in [1.54, 1.807) is 13.3 Å². The molecule has 0 saturated heterocycles. The third kappa shape index (κ3) is 2.62. The Bertz CT molecular complexity index is 553. The summed E-state index contributed by atoms with van der Waals surface area (Å²) in [5.74, 6) is 0.813. The number of methoxy groups -OCH3 is 1. The lowest BCUT2D eigenvalue weighted by Crippen LogP contribution is -1.99. The van der Waals surface area contributed by atoms with Crippen LogP contribution in [0, 0.1) is 6.92 Å². The number of pyridine rings is 1. The van der Waals surface area contributed by atoms with Crippen LogP contribution in [0.3, 0.4) is 0 Å². The van der Waals surface area contributed by atoms with Crippen LogP contribution >= 0.6 is 0 Å². The molecule has 2 aromatic rings. The van der Waals surface area contributed by atoms with E-state index in [9.17, 15) is 0 Å². The molecule has 0 atom stereocenters. The van der Waals surface area contributed by atoms with Crippen molar-refractivity contribution in [1.82, 2.24) is 4.98 Å². The largest absolute Gasteiger partial charge is 0.495 e. The second-order valence-electron chi connectivity index (χ2n) is 4.70. The predicted molar refractivity (Wildman–Crippen MR) is 79.7 cm³/mol. The van der Waals surface area contributed by atoms with Crippen molar-refractivity contribution in [2.45, 2.75) is 33.6 Å². The summed E-state index contributed by atoms with van der Waals surface area (Å²) in [5.41, 5.74) is 6.26. The van der Waals surface area contributed by atoms with E-state index in [1.807, 2.05) is 6.07 Å². The smallest absolute Gasteiger partial charge is 0.137 e. The molecule has 1 heterocycles. The van der Waals surface area contributed by atoms with E-state index in [2.05, 4.69) is 44.0 Å². The van der Waals surface area contributed by atoms with E-state index < -0.39 is 0 Å². The summed E-state index contributed by atoms with van der Waals surface area (Å²) in [6.07, 6.45) is 3.85. The molecular formula is C17H21NO. The Kier molecular flexibility index (Phi) is 4.20. The summed E-state index contributed by atoms with van der Waals surface area (Å²) in [6.45, 7) is 6.48. The monoisotopic (exact) mass is 255 g/mol. The van der Waals surface area contributed by atoms with E-state index in [1.165, 1.54) is 16.7 Å². The maximum atomic E-state index is 5.24. The van der Waals surface area contributed by atoms with Gasteiger partial charge in [-0.1, -0.05) is 32.0 Å². The second-order valence-corrected chi connectivity index (χ2v) is 4.70. The van der Waals surface area contributed by atoms with Crippen LogP contribution in [-0.4, -0.2) is 12.1 Å². The Labute approximate surface area is 115 Å². The SMILES string of the molecule is CCc1cccc(CC)c1-c1ncc(OC)cc1C. The van der Waals surface area contributed by atoms with Gasteiger partial charge in [0.05, 0.1) is 19.0 Å². The van der Waals surface area contributed by atoms with Crippen molar-refractivity contribution in [3.05, 3.63) is 47.2 Å². The number of benzene rings is 1. The normalized spacial score (nSPS) is 10.5. The molecule has 1 aromatic carbocycles. The van der Waals surface area contributed by atoms with Gasteiger partial charge in [-0.25, -0.2) is 0 Å². The summed E-state index contributed by atoms with van der Waals surface area (Å²) in [5, 5.41) is 0. The fourth-order valence-corrected chi connectivity index (χ4v) is 2.47. The van der Waals surface area contributed by atoms with E-state index in [4.69, 9.17) is 4.74 Å². The number of ether oxygens (including phenoxy) is 1. The maximum Gasteiger partial charge on any atom is 0.137 e. The molecule has 0 bridgehead atoms. The van der Waals surface area contributed by atoms with Crippen molar-refractivity contribution in [2.75, 3.05) is 7.11 Å². The zero-order valence-corrected chi connectivity index (χ0v) is 12.2. The molecular weight excluding hydrogens is 234 g/mol. The molecule has 0 aliphatic heterocycles. The summed E-state index contributed by atoms with van der Waals surface area (Å²) < 4.78 is 5.24. The van der Waals surface area contributed by atoms with Gasteiger partial charge in [-0.05, 0) is 42.5 Å². The first-order chi connectivity index (χ1) is 9.21. The van der Waals surface area contributed by atoms with Crippen LogP contribution < -0.4 is 4.74 Å². The van der Waals surface area contributed by atoms with Crippen molar-refractivity contribution >= 4 is 0 Å². The highest BCUT2D eigenvalue weighted by atomic mass is 16.5. The molecule has 0 amide bonds. The maximum absolute atomic E-state index is 5.24. The van der Waals surface area contributed by atoms with Crippen LogP contribution in [-0.2, 0) is 12.8 Å². The zero-order chi connectivity index (χ0) is 13.8. The third-order valence-electron chi connectivity index (χ3n) is 3.52. The molecule has 0 radical (unpaired) electrons. The second kappa shape index (κ2) is 5.87. The highest BCUT2D eigenvalue weighted by molar-refractivity contribution is 5.71. The highest BCUT2D eigenvalue weighted by Gasteiger charge is 2.12. The van der Waals surface area contributed by atoms with Crippen molar-refractivity contribution in [1.29, 1.82) is 0 Å². The molecule has 0 fully saturated rings. The van der Waals surface area contributed by atoms with Gasteiger partial charge < -0.3 is 4.74 Å². The average Bonchev–Trinajstić information content (AvgIpc) is 2.46. The minimum absolute atomic E-state index is 0.813. The van der Waals surface area contributed by atoms with E-state index >= 15 is 0 Å². The van der Waals surface area contributed by atoms with E-state index in [-0.39, 0.29) is 0 Å². The molecule has 0 N–H and O–H groups in total. The number of aromatic nitrogens is 1. The highest BCUT2D eigenvalue weighted by Crippen LogP contribution is 2.31. The van der Waals surface area contributed by atoms with Crippen LogP contribution in [0.15, 0.2) is 30.5 Å². The summed E-state index contributed by atoms with van der Waals surface area (Å²) >= 11 is 0.